The van der Waals surface area contributed by atoms with E-state index < -0.39 is 46.6 Å². The minimum absolute atomic E-state index is 0.000883. The molecule has 0 saturated carbocycles. The zero-order chi connectivity index (χ0) is 29.8. The van der Waals surface area contributed by atoms with Crippen LogP contribution in [-0.2, 0) is 28.7 Å². The normalized spacial score (nSPS) is 26.8. The number of halogens is 5. The fraction of sp³-hybridized carbons (Fsp3) is 0.607. The lowest BCUT2D eigenvalue weighted by Crippen LogP contribution is -2.43. The molecular weight excluding hydrogens is 563 g/mol. The number of carbonyl (C=O) groups excluding carboxylic acids is 1. The van der Waals surface area contributed by atoms with Crippen LogP contribution < -0.4 is 15.4 Å². The summed E-state index contributed by atoms with van der Waals surface area (Å²) in [5, 5.41) is 0. The van der Waals surface area contributed by atoms with Gasteiger partial charge in [-0.05, 0) is 31.5 Å². The van der Waals surface area contributed by atoms with E-state index in [-0.39, 0.29) is 38.0 Å². The van der Waals surface area contributed by atoms with Gasteiger partial charge in [0.15, 0.2) is 5.82 Å². The van der Waals surface area contributed by atoms with Crippen molar-refractivity contribution in [3.63, 3.8) is 0 Å². The Labute approximate surface area is 239 Å². The van der Waals surface area contributed by atoms with Crippen LogP contribution in [-0.4, -0.2) is 83.8 Å². The monoisotopic (exact) mass is 596 g/mol. The van der Waals surface area contributed by atoms with Crippen LogP contribution in [0.5, 0.6) is 6.01 Å². The molecule has 1 aromatic heterocycles. The van der Waals surface area contributed by atoms with Crippen LogP contribution in [0, 0.1) is 5.82 Å². The Kier molecular flexibility index (Phi) is 7.40. The third-order valence-corrected chi connectivity index (χ3v) is 8.95. The summed E-state index contributed by atoms with van der Waals surface area (Å²) in [5.74, 6) is -0.746. The lowest BCUT2D eigenvalue weighted by molar-refractivity contribution is -0.140. The van der Waals surface area contributed by atoms with Crippen molar-refractivity contribution in [1.82, 2.24) is 19.8 Å². The van der Waals surface area contributed by atoms with Crippen molar-refractivity contribution >= 4 is 17.4 Å². The first-order valence-corrected chi connectivity index (χ1v) is 14.1. The topological polar surface area (TPSA) is 97.1 Å². The number of likely N-dealkylation sites (N-methyl/N-ethyl adjacent to an activating group) is 1. The molecule has 5 heterocycles. The van der Waals surface area contributed by atoms with Crippen molar-refractivity contribution < 1.29 is 36.2 Å². The summed E-state index contributed by atoms with van der Waals surface area (Å²) in [5.41, 5.74) is 3.85. The van der Waals surface area contributed by atoms with Crippen molar-refractivity contribution in [3.05, 3.63) is 40.3 Å². The third-order valence-electron chi connectivity index (χ3n) is 8.95. The predicted octanol–water partition coefficient (Wildman–Crippen LogP) is 3.65. The molecule has 0 aliphatic carbocycles. The quantitative estimate of drug-likeness (QED) is 0.413. The Morgan fingerprint density at radius 3 is 2.79 bits per heavy atom. The molecule has 6 rings (SSSR count). The van der Waals surface area contributed by atoms with Crippen LogP contribution in [0.15, 0.2) is 12.1 Å². The smallest absolute Gasteiger partial charge is 0.416 e. The largest absolute Gasteiger partial charge is 0.461 e. The maximum absolute atomic E-state index is 15.1. The molecule has 14 heteroatoms. The molecule has 0 radical (unpaired) electrons. The number of aromatic nitrogens is 2. The standard InChI is InChI=1S/C28H33F5N6O3/c1-37-9-10-38(8-5-22(37)40)25-17-14-41-21(23-18(28(31,32)33)3-4-19(34)24(23)30)11-20(17)35-26(36-25)42-15-27-6-2-7-39(27)13-16(29)12-27/h3-4,16,21H,2,5-15,34H2,1H3/t16-,21?,27+/m1/s1. The van der Waals surface area contributed by atoms with Crippen LogP contribution in [0.1, 0.15) is 54.2 Å². The van der Waals surface area contributed by atoms with Gasteiger partial charge in [0, 0.05) is 63.6 Å². The van der Waals surface area contributed by atoms with E-state index in [1.54, 1.807) is 11.9 Å². The molecule has 2 N–H and O–H groups in total. The number of amides is 1. The Hall–Kier alpha value is -3.26. The lowest BCUT2D eigenvalue weighted by atomic mass is 9.94. The molecule has 4 aliphatic heterocycles. The minimum atomic E-state index is -4.83. The van der Waals surface area contributed by atoms with Crippen molar-refractivity contribution in [1.29, 1.82) is 0 Å². The van der Waals surface area contributed by atoms with Gasteiger partial charge >= 0.3 is 12.2 Å². The molecular formula is C28H33F5N6O3. The van der Waals surface area contributed by atoms with Gasteiger partial charge in [0.05, 0.1) is 35.2 Å². The van der Waals surface area contributed by atoms with Crippen LogP contribution in [0.4, 0.5) is 33.5 Å². The summed E-state index contributed by atoms with van der Waals surface area (Å²) >= 11 is 0. The Bertz CT molecular complexity index is 1380. The number of hydrogen-bond donors (Lipinski definition) is 1. The molecule has 3 saturated heterocycles. The minimum Gasteiger partial charge on any atom is -0.461 e. The van der Waals surface area contributed by atoms with Gasteiger partial charge in [0.1, 0.15) is 18.6 Å². The zero-order valence-corrected chi connectivity index (χ0v) is 23.2. The van der Waals surface area contributed by atoms with Gasteiger partial charge in [-0.25, -0.2) is 8.78 Å². The van der Waals surface area contributed by atoms with E-state index in [4.69, 9.17) is 15.2 Å². The van der Waals surface area contributed by atoms with Crippen LogP contribution in [0.3, 0.4) is 0 Å². The van der Waals surface area contributed by atoms with Gasteiger partial charge in [-0.1, -0.05) is 0 Å². The van der Waals surface area contributed by atoms with Gasteiger partial charge in [0.25, 0.3) is 0 Å². The van der Waals surface area contributed by atoms with Crippen molar-refractivity contribution in [2.75, 3.05) is 57.0 Å². The summed E-state index contributed by atoms with van der Waals surface area (Å²) in [7, 11) is 1.72. The van der Waals surface area contributed by atoms with Crippen LogP contribution >= 0.6 is 0 Å². The number of carbonyl (C=O) groups is 1. The number of hydrogen-bond acceptors (Lipinski definition) is 8. The van der Waals surface area contributed by atoms with Crippen molar-refractivity contribution in [2.45, 2.75) is 62.7 Å². The van der Waals surface area contributed by atoms with E-state index in [0.29, 0.717) is 49.7 Å². The number of rotatable bonds is 5. The molecule has 9 nitrogen and oxygen atoms in total. The molecule has 1 aromatic carbocycles. The van der Waals surface area contributed by atoms with Gasteiger partial charge in [-0.3, -0.25) is 9.69 Å². The average Bonchev–Trinajstić information content (AvgIpc) is 3.41. The van der Waals surface area contributed by atoms with Crippen molar-refractivity contribution in [2.24, 2.45) is 0 Å². The molecule has 3 fully saturated rings. The fourth-order valence-corrected chi connectivity index (χ4v) is 6.70. The van der Waals surface area contributed by atoms with E-state index in [1.165, 1.54) is 0 Å². The first-order chi connectivity index (χ1) is 19.9. The number of fused-ring (bicyclic) bond motifs is 2. The first-order valence-electron chi connectivity index (χ1n) is 14.1. The first kappa shape index (κ1) is 28.8. The lowest BCUT2D eigenvalue weighted by Gasteiger charge is -2.33. The Balaban J connectivity index is 1.36. The number of alkyl halides is 4. The van der Waals surface area contributed by atoms with E-state index in [1.807, 2.05) is 4.90 Å². The van der Waals surface area contributed by atoms with Gasteiger partial charge in [-0.2, -0.15) is 23.1 Å². The number of anilines is 2. The summed E-state index contributed by atoms with van der Waals surface area (Å²) in [6.45, 7) is 2.37. The molecule has 4 aliphatic rings. The third kappa shape index (κ3) is 5.23. The molecule has 2 aromatic rings. The second-order valence-electron chi connectivity index (χ2n) is 11.6. The van der Waals surface area contributed by atoms with Gasteiger partial charge in [-0.15, -0.1) is 0 Å². The molecule has 42 heavy (non-hydrogen) atoms. The highest BCUT2D eigenvalue weighted by Crippen LogP contribution is 2.44. The highest BCUT2D eigenvalue weighted by atomic mass is 19.4. The summed E-state index contributed by atoms with van der Waals surface area (Å²) < 4.78 is 83.1. The Morgan fingerprint density at radius 2 is 2.00 bits per heavy atom. The predicted molar refractivity (Wildman–Crippen MR) is 142 cm³/mol. The van der Waals surface area contributed by atoms with E-state index in [9.17, 15) is 22.4 Å². The maximum atomic E-state index is 15.1. The SMILES string of the molecule is CN1CCN(c2nc(OC[C@@]34CCCN3C[C@H](F)C4)nc3c2COC(c2c(C(F)(F)F)ccc(N)c2F)C3)CCC1=O. The van der Waals surface area contributed by atoms with E-state index >= 15 is 4.39 Å². The number of nitrogens with zero attached hydrogens (tertiary/aromatic N) is 5. The molecule has 1 amide bonds. The second kappa shape index (κ2) is 10.8. The van der Waals surface area contributed by atoms with E-state index in [2.05, 4.69) is 14.9 Å². The summed E-state index contributed by atoms with van der Waals surface area (Å²) in [4.78, 5) is 27.2. The molecule has 0 spiro atoms. The van der Waals surface area contributed by atoms with E-state index in [0.717, 1.165) is 31.5 Å². The number of nitrogen functional groups attached to an aromatic ring is 1. The Morgan fingerprint density at radius 1 is 1.19 bits per heavy atom. The highest BCUT2D eigenvalue weighted by Gasteiger charge is 2.49. The molecule has 228 valence electrons. The maximum Gasteiger partial charge on any atom is 0.416 e. The number of nitrogens with two attached hydrogens (primary N) is 1. The van der Waals surface area contributed by atoms with Gasteiger partial charge < -0.3 is 25.0 Å². The zero-order valence-electron chi connectivity index (χ0n) is 23.2. The van der Waals surface area contributed by atoms with Gasteiger partial charge in [0.2, 0.25) is 5.91 Å². The number of benzene rings is 1. The summed E-state index contributed by atoms with van der Waals surface area (Å²) in [6.07, 6.45) is -4.98. The second-order valence-corrected chi connectivity index (χ2v) is 11.6. The molecule has 1 unspecified atom stereocenters. The number of ether oxygens (including phenoxy) is 2. The van der Waals surface area contributed by atoms with Crippen molar-refractivity contribution in [3.8, 4) is 6.01 Å². The summed E-state index contributed by atoms with van der Waals surface area (Å²) in [6, 6.07) is 1.64. The molecule has 0 bridgehead atoms. The molecule has 3 atom stereocenters. The average molecular weight is 597 g/mol. The van der Waals surface area contributed by atoms with Crippen LogP contribution in [0.2, 0.25) is 0 Å². The highest BCUT2D eigenvalue weighted by molar-refractivity contribution is 5.77. The van der Waals surface area contributed by atoms with Crippen LogP contribution in [0.25, 0.3) is 0 Å². The fourth-order valence-electron chi connectivity index (χ4n) is 6.70.